The molecule has 1 aromatic rings. The van der Waals surface area contributed by atoms with Crippen molar-refractivity contribution in [2.45, 2.75) is 6.92 Å². The first kappa shape index (κ1) is 9.26. The molecule has 0 aliphatic rings. The van der Waals surface area contributed by atoms with Crippen LogP contribution in [-0.2, 0) is 0 Å². The Hall–Kier alpha value is -0.830. The Kier molecular flexibility index (Phi) is 2.52. The van der Waals surface area contributed by atoms with Crippen molar-refractivity contribution in [3.05, 3.63) is 41.3 Å². The molecular weight excluding hydrogens is 178 g/mol. The molecule has 0 aliphatic carbocycles. The minimum absolute atomic E-state index is 0.0153. The lowest BCUT2D eigenvalue weighted by molar-refractivity contribution is 0.566. The van der Waals surface area contributed by atoms with Crippen molar-refractivity contribution in [2.24, 2.45) is 0 Å². The van der Waals surface area contributed by atoms with E-state index in [4.69, 9.17) is 0 Å². The van der Waals surface area contributed by atoms with Crippen molar-refractivity contribution >= 4 is 17.6 Å². The molecule has 0 fully saturated rings. The van der Waals surface area contributed by atoms with Gasteiger partial charge in [0.1, 0.15) is 11.6 Å². The molecule has 1 rings (SSSR count). The molecule has 0 saturated heterocycles. The molecule has 0 unspecified atom stereocenters. The number of benzene rings is 1. The second kappa shape index (κ2) is 3.27. The number of hydrogen-bond acceptors (Lipinski definition) is 1. The van der Waals surface area contributed by atoms with Crippen LogP contribution in [0, 0.1) is 25.5 Å². The topological polar surface area (TPSA) is 0 Å². The highest BCUT2D eigenvalue weighted by molar-refractivity contribution is 7.79. The van der Waals surface area contributed by atoms with Gasteiger partial charge in [0.2, 0.25) is 0 Å². The molecule has 0 N–H and O–H groups in total. The maximum atomic E-state index is 13.1. The molecule has 0 amide bonds. The summed E-state index contributed by atoms with van der Waals surface area (Å²) in [6.07, 6.45) is 0. The summed E-state index contributed by atoms with van der Waals surface area (Å²) in [4.78, 5) is 0. The van der Waals surface area contributed by atoms with Crippen LogP contribution < -0.4 is 0 Å². The molecule has 0 atom stereocenters. The smallest absolute Gasteiger partial charge is 0.137 e. The molecule has 1 radical (unpaired) electrons. The van der Waals surface area contributed by atoms with Gasteiger partial charge in [-0.25, -0.2) is 8.78 Å². The van der Waals surface area contributed by atoms with E-state index in [0.29, 0.717) is 0 Å². The quantitative estimate of drug-likeness (QED) is 0.606. The first-order valence-corrected chi connectivity index (χ1v) is 3.80. The van der Waals surface area contributed by atoms with Crippen molar-refractivity contribution in [3.63, 3.8) is 0 Å². The van der Waals surface area contributed by atoms with Crippen molar-refractivity contribution < 1.29 is 8.78 Å². The average Bonchev–Trinajstić information content (AvgIpc) is 2.01. The molecule has 0 aromatic heterocycles. The second-order valence-corrected chi connectivity index (χ2v) is 2.72. The fourth-order valence-corrected chi connectivity index (χ4v) is 1.17. The maximum Gasteiger partial charge on any atom is 0.137 e. The van der Waals surface area contributed by atoms with Crippen LogP contribution in [0.2, 0.25) is 0 Å². The Morgan fingerprint density at radius 2 is 2.08 bits per heavy atom. The van der Waals surface area contributed by atoms with Crippen LogP contribution in [0.4, 0.5) is 8.78 Å². The third-order valence-electron chi connectivity index (χ3n) is 1.69. The molecular formula is C9H7F2S. The second-order valence-electron chi connectivity index (χ2n) is 2.49. The zero-order valence-corrected chi connectivity index (χ0v) is 7.34. The Morgan fingerprint density at radius 1 is 1.50 bits per heavy atom. The molecule has 0 nitrogen and oxygen atoms in total. The summed E-state index contributed by atoms with van der Waals surface area (Å²) < 4.78 is 26.0. The lowest BCUT2D eigenvalue weighted by Gasteiger charge is -2.05. The summed E-state index contributed by atoms with van der Waals surface area (Å²) >= 11 is 4.57. The van der Waals surface area contributed by atoms with Gasteiger partial charge in [-0.3, -0.25) is 0 Å². The highest BCUT2D eigenvalue weighted by Gasteiger charge is 2.10. The highest BCUT2D eigenvalue weighted by atomic mass is 32.1. The van der Waals surface area contributed by atoms with Crippen LogP contribution >= 0.6 is 12.2 Å². The van der Waals surface area contributed by atoms with Gasteiger partial charge >= 0.3 is 0 Å². The molecule has 0 bridgehead atoms. The lowest BCUT2D eigenvalue weighted by atomic mass is 10.1. The maximum absolute atomic E-state index is 13.1. The zero-order chi connectivity index (χ0) is 9.30. The van der Waals surface area contributed by atoms with E-state index in [9.17, 15) is 8.78 Å². The molecule has 12 heavy (non-hydrogen) atoms. The van der Waals surface area contributed by atoms with Crippen molar-refractivity contribution in [3.8, 4) is 0 Å². The van der Waals surface area contributed by atoms with Gasteiger partial charge in [0, 0.05) is 16.5 Å². The predicted molar refractivity (Wildman–Crippen MR) is 48.3 cm³/mol. The molecule has 1 aromatic carbocycles. The number of halogens is 2. The largest absolute Gasteiger partial charge is 0.207 e. The molecule has 3 heteroatoms. The Labute approximate surface area is 75.2 Å². The van der Waals surface area contributed by atoms with E-state index >= 15 is 0 Å². The van der Waals surface area contributed by atoms with Crippen LogP contribution in [0.1, 0.15) is 16.7 Å². The number of hydrogen-bond donors (Lipinski definition) is 0. The van der Waals surface area contributed by atoms with E-state index in [2.05, 4.69) is 19.1 Å². The first-order valence-electron chi connectivity index (χ1n) is 3.33. The molecule has 0 heterocycles. The molecule has 0 spiro atoms. The van der Waals surface area contributed by atoms with E-state index in [1.165, 1.54) is 18.4 Å². The summed E-state index contributed by atoms with van der Waals surface area (Å²) in [6, 6.07) is 1.18. The van der Waals surface area contributed by atoms with Crippen molar-refractivity contribution in [2.75, 3.05) is 0 Å². The van der Waals surface area contributed by atoms with E-state index in [1.807, 2.05) is 0 Å². The van der Waals surface area contributed by atoms with E-state index in [0.717, 1.165) is 0 Å². The van der Waals surface area contributed by atoms with E-state index in [1.54, 1.807) is 0 Å². The van der Waals surface area contributed by atoms with Crippen molar-refractivity contribution in [1.82, 2.24) is 0 Å². The number of thiocarbonyl (C=S) groups is 1. The van der Waals surface area contributed by atoms with Crippen LogP contribution in [0.15, 0.2) is 6.07 Å². The van der Waals surface area contributed by atoms with Crippen LogP contribution in [0.25, 0.3) is 0 Å². The summed E-state index contributed by atoms with van der Waals surface area (Å²) in [5, 5.41) is 1.17. The monoisotopic (exact) mass is 185 g/mol. The Balaban J connectivity index is 3.51. The SMILES string of the molecule is [CH2]c1cc(F)c(C)c(F)c1C=S. The normalized spacial score (nSPS) is 10.0. The minimum atomic E-state index is -0.616. The summed E-state index contributed by atoms with van der Waals surface area (Å²) in [5.74, 6) is -1.20. The van der Waals surface area contributed by atoms with Crippen LogP contribution in [0.3, 0.4) is 0 Å². The lowest BCUT2D eigenvalue weighted by Crippen LogP contribution is -1.98. The third kappa shape index (κ3) is 1.37. The fourth-order valence-electron chi connectivity index (χ4n) is 0.914. The Bertz CT molecular complexity index is 332. The third-order valence-corrected chi connectivity index (χ3v) is 1.92. The highest BCUT2D eigenvalue weighted by Crippen LogP contribution is 2.18. The van der Waals surface area contributed by atoms with Gasteiger partial charge in [0.25, 0.3) is 0 Å². The fraction of sp³-hybridized carbons (Fsp3) is 0.111. The van der Waals surface area contributed by atoms with Gasteiger partial charge in [-0.2, -0.15) is 0 Å². The summed E-state index contributed by atoms with van der Waals surface area (Å²) in [7, 11) is 0. The van der Waals surface area contributed by atoms with E-state index < -0.39 is 11.6 Å². The molecule has 0 aliphatic heterocycles. The van der Waals surface area contributed by atoms with Crippen LogP contribution in [0.5, 0.6) is 0 Å². The predicted octanol–water partition coefficient (Wildman–Crippen LogP) is 2.80. The summed E-state index contributed by atoms with van der Waals surface area (Å²) in [5.41, 5.74) is 0.466. The van der Waals surface area contributed by atoms with Gasteiger partial charge in [0.15, 0.2) is 0 Å². The van der Waals surface area contributed by atoms with Crippen LogP contribution in [-0.4, -0.2) is 5.37 Å². The average molecular weight is 185 g/mol. The molecule has 0 saturated carbocycles. The van der Waals surface area contributed by atoms with Gasteiger partial charge in [0.05, 0.1) is 0 Å². The minimum Gasteiger partial charge on any atom is -0.207 e. The van der Waals surface area contributed by atoms with Gasteiger partial charge in [-0.1, -0.05) is 12.2 Å². The summed E-state index contributed by atoms with van der Waals surface area (Å²) in [6.45, 7) is 4.84. The Morgan fingerprint density at radius 3 is 2.58 bits per heavy atom. The van der Waals surface area contributed by atoms with Crippen molar-refractivity contribution in [1.29, 1.82) is 0 Å². The zero-order valence-electron chi connectivity index (χ0n) is 6.53. The first-order chi connectivity index (χ1) is 5.57. The van der Waals surface area contributed by atoms with Gasteiger partial charge in [-0.15, -0.1) is 0 Å². The standard InChI is InChI=1S/C9H7F2S/c1-5-3-8(10)6(2)9(11)7(5)4-12/h3-4H,1H2,2H3. The van der Waals surface area contributed by atoms with Gasteiger partial charge in [-0.05, 0) is 25.5 Å². The van der Waals surface area contributed by atoms with Gasteiger partial charge < -0.3 is 0 Å². The number of rotatable bonds is 1. The molecule has 63 valence electrons. The van der Waals surface area contributed by atoms with E-state index in [-0.39, 0.29) is 16.7 Å².